The predicted molar refractivity (Wildman–Crippen MR) is 104 cm³/mol. The molecule has 0 aromatic heterocycles. The zero-order valence-electron chi connectivity index (χ0n) is 16.5. The maximum Gasteiger partial charge on any atom is 0.308 e. The van der Waals surface area contributed by atoms with Crippen LogP contribution in [-0.2, 0) is 23.9 Å². The second kappa shape index (κ2) is 9.02. The molecule has 0 radical (unpaired) electrons. The van der Waals surface area contributed by atoms with E-state index in [0.717, 1.165) is 17.7 Å². The second-order valence-corrected chi connectivity index (χ2v) is 7.47. The molecule has 1 saturated carbocycles. The summed E-state index contributed by atoms with van der Waals surface area (Å²) in [6.07, 6.45) is 1.80. The Bertz CT molecular complexity index is 861. The van der Waals surface area contributed by atoms with Crippen LogP contribution >= 0.6 is 0 Å². The number of amides is 3. The van der Waals surface area contributed by atoms with Crippen LogP contribution in [-0.4, -0.2) is 46.2 Å². The first kappa shape index (κ1) is 21.4. The number of rotatable bonds is 7. The van der Waals surface area contributed by atoms with Crippen LogP contribution in [0.2, 0.25) is 0 Å². The van der Waals surface area contributed by atoms with Gasteiger partial charge in [-0.3, -0.25) is 34.2 Å². The molecule has 1 aromatic carbocycles. The van der Waals surface area contributed by atoms with Crippen molar-refractivity contribution in [1.29, 1.82) is 0 Å². The van der Waals surface area contributed by atoms with E-state index in [1.807, 2.05) is 0 Å². The van der Waals surface area contributed by atoms with E-state index in [9.17, 15) is 29.3 Å². The van der Waals surface area contributed by atoms with Crippen molar-refractivity contribution in [2.45, 2.75) is 45.1 Å². The van der Waals surface area contributed by atoms with Crippen LogP contribution < -0.4 is 5.32 Å². The molecule has 3 atom stereocenters. The Morgan fingerprint density at radius 1 is 1.20 bits per heavy atom. The van der Waals surface area contributed by atoms with Crippen molar-refractivity contribution < 1.29 is 28.8 Å². The number of nitrogens with one attached hydrogen (secondary N) is 1. The summed E-state index contributed by atoms with van der Waals surface area (Å²) in [6, 6.07) is 5.61. The molecule has 1 heterocycles. The van der Waals surface area contributed by atoms with Gasteiger partial charge in [-0.1, -0.05) is 25.0 Å². The number of nitro benzene ring substituents is 1. The van der Waals surface area contributed by atoms with Crippen LogP contribution in [0.25, 0.3) is 0 Å². The van der Waals surface area contributed by atoms with Crippen molar-refractivity contribution in [2.75, 3.05) is 11.9 Å². The molecule has 3 amide bonds. The summed E-state index contributed by atoms with van der Waals surface area (Å²) in [6.45, 7) is 1.25. The average molecular weight is 417 g/mol. The van der Waals surface area contributed by atoms with E-state index in [0.29, 0.717) is 12.8 Å². The van der Waals surface area contributed by atoms with E-state index in [4.69, 9.17) is 4.74 Å². The predicted octanol–water partition coefficient (Wildman–Crippen LogP) is 2.03. The molecular weight excluding hydrogens is 394 g/mol. The molecule has 2 aliphatic rings. The van der Waals surface area contributed by atoms with Gasteiger partial charge in [0.05, 0.1) is 23.2 Å². The fraction of sp³-hybridized carbons (Fsp3) is 0.500. The standard InChI is InChI=1S/C20H23N3O7/c1-12(18(25)21-15-8-4-5-9-16(15)23(28)29)30-17(24)10-11-22-19(26)13-6-2-3-7-14(13)20(22)27/h4-5,8-9,12-14H,2-3,6-7,10-11H2,1H3,(H,21,25)/t12-,13-,14-/m0/s1. The van der Waals surface area contributed by atoms with Gasteiger partial charge in [0.25, 0.3) is 11.6 Å². The van der Waals surface area contributed by atoms with Gasteiger partial charge in [-0.05, 0) is 25.8 Å². The number of likely N-dealkylation sites (tertiary alicyclic amines) is 1. The van der Waals surface area contributed by atoms with Gasteiger partial charge in [-0.25, -0.2) is 0 Å². The van der Waals surface area contributed by atoms with Crippen LogP contribution in [0.4, 0.5) is 11.4 Å². The molecule has 3 rings (SSSR count). The summed E-state index contributed by atoms with van der Waals surface area (Å²) in [7, 11) is 0. The Morgan fingerprint density at radius 2 is 1.80 bits per heavy atom. The number of carbonyl (C=O) groups excluding carboxylic acids is 4. The molecule has 0 unspecified atom stereocenters. The number of para-hydroxylation sites is 2. The van der Waals surface area contributed by atoms with Gasteiger partial charge in [0, 0.05) is 12.6 Å². The number of nitro groups is 1. The largest absolute Gasteiger partial charge is 0.452 e. The molecule has 0 bridgehead atoms. The first-order valence-electron chi connectivity index (χ1n) is 9.88. The van der Waals surface area contributed by atoms with Crippen molar-refractivity contribution in [2.24, 2.45) is 11.8 Å². The van der Waals surface area contributed by atoms with E-state index >= 15 is 0 Å². The number of anilines is 1. The maximum atomic E-state index is 12.4. The van der Waals surface area contributed by atoms with Crippen LogP contribution in [0.3, 0.4) is 0 Å². The van der Waals surface area contributed by atoms with Crippen LogP contribution in [0.15, 0.2) is 24.3 Å². The van der Waals surface area contributed by atoms with E-state index in [1.54, 1.807) is 0 Å². The number of fused-ring (bicyclic) bond motifs is 1. The van der Waals surface area contributed by atoms with Crippen LogP contribution in [0.5, 0.6) is 0 Å². The molecule has 2 fully saturated rings. The van der Waals surface area contributed by atoms with Crippen molar-refractivity contribution in [3.63, 3.8) is 0 Å². The fourth-order valence-electron chi connectivity index (χ4n) is 3.94. The van der Waals surface area contributed by atoms with Crippen LogP contribution in [0.1, 0.15) is 39.0 Å². The van der Waals surface area contributed by atoms with Gasteiger partial charge >= 0.3 is 5.97 Å². The van der Waals surface area contributed by atoms with Gasteiger partial charge in [0.2, 0.25) is 11.8 Å². The number of esters is 1. The summed E-state index contributed by atoms with van der Waals surface area (Å²) in [5.41, 5.74) is -0.289. The Kier molecular flexibility index (Phi) is 6.43. The minimum Gasteiger partial charge on any atom is -0.452 e. The first-order chi connectivity index (χ1) is 14.3. The fourth-order valence-corrected chi connectivity index (χ4v) is 3.94. The third-order valence-corrected chi connectivity index (χ3v) is 5.51. The smallest absolute Gasteiger partial charge is 0.308 e. The molecule has 1 aliphatic carbocycles. The summed E-state index contributed by atoms with van der Waals surface area (Å²) >= 11 is 0. The third-order valence-electron chi connectivity index (χ3n) is 5.51. The average Bonchev–Trinajstić information content (AvgIpc) is 2.97. The minimum atomic E-state index is -1.20. The summed E-state index contributed by atoms with van der Waals surface area (Å²) in [4.78, 5) is 60.7. The first-order valence-corrected chi connectivity index (χ1v) is 9.88. The molecule has 1 saturated heterocycles. The molecule has 1 aromatic rings. The van der Waals surface area contributed by atoms with Crippen molar-refractivity contribution >= 4 is 35.1 Å². The molecule has 160 valence electrons. The molecule has 0 spiro atoms. The van der Waals surface area contributed by atoms with Gasteiger partial charge in [-0.15, -0.1) is 0 Å². The van der Waals surface area contributed by atoms with E-state index in [1.165, 1.54) is 31.2 Å². The minimum absolute atomic E-state index is 0.00809. The number of hydrogen-bond acceptors (Lipinski definition) is 7. The Morgan fingerprint density at radius 3 is 2.40 bits per heavy atom. The lowest BCUT2D eigenvalue weighted by atomic mass is 9.81. The highest BCUT2D eigenvalue weighted by Gasteiger charge is 2.47. The van der Waals surface area contributed by atoms with Crippen LogP contribution in [0, 0.1) is 22.0 Å². The zero-order chi connectivity index (χ0) is 21.8. The highest BCUT2D eigenvalue weighted by Crippen LogP contribution is 2.38. The number of hydrogen-bond donors (Lipinski definition) is 1. The molecule has 10 heteroatoms. The summed E-state index contributed by atoms with van der Waals surface area (Å²) < 4.78 is 5.06. The number of carbonyl (C=O) groups is 4. The number of ether oxygens (including phenoxy) is 1. The highest BCUT2D eigenvalue weighted by atomic mass is 16.6. The quantitative estimate of drug-likeness (QED) is 0.310. The lowest BCUT2D eigenvalue weighted by molar-refractivity contribution is -0.383. The van der Waals surface area contributed by atoms with Crippen molar-refractivity contribution in [1.82, 2.24) is 4.90 Å². The SMILES string of the molecule is C[C@H](OC(=O)CCN1C(=O)[C@H]2CCCC[C@@H]2C1=O)C(=O)Nc1ccccc1[N+](=O)[O-]. The number of nitrogens with zero attached hydrogens (tertiary/aromatic N) is 2. The van der Waals surface area contributed by atoms with Crippen molar-refractivity contribution in [3.8, 4) is 0 Å². The molecule has 30 heavy (non-hydrogen) atoms. The summed E-state index contributed by atoms with van der Waals surface area (Å²) in [5.74, 6) is -2.51. The number of imide groups is 1. The molecule has 1 aliphatic heterocycles. The lowest BCUT2D eigenvalue weighted by Crippen LogP contribution is -2.35. The highest BCUT2D eigenvalue weighted by molar-refractivity contribution is 6.05. The zero-order valence-corrected chi connectivity index (χ0v) is 16.5. The van der Waals surface area contributed by atoms with E-state index in [-0.39, 0.29) is 48.0 Å². The Hall–Kier alpha value is -3.30. The van der Waals surface area contributed by atoms with Gasteiger partial charge in [0.15, 0.2) is 6.10 Å². The molecule has 10 nitrogen and oxygen atoms in total. The molecule has 1 N–H and O–H groups in total. The monoisotopic (exact) mass is 417 g/mol. The normalized spacial score (nSPS) is 21.7. The van der Waals surface area contributed by atoms with Gasteiger partial charge in [0.1, 0.15) is 5.69 Å². The van der Waals surface area contributed by atoms with Gasteiger partial charge < -0.3 is 10.1 Å². The number of benzene rings is 1. The van der Waals surface area contributed by atoms with E-state index in [2.05, 4.69) is 5.32 Å². The van der Waals surface area contributed by atoms with Gasteiger partial charge in [-0.2, -0.15) is 0 Å². The maximum absolute atomic E-state index is 12.4. The van der Waals surface area contributed by atoms with Crippen molar-refractivity contribution in [3.05, 3.63) is 34.4 Å². The molecular formula is C20H23N3O7. The summed E-state index contributed by atoms with van der Waals surface area (Å²) in [5, 5.41) is 13.4. The van der Waals surface area contributed by atoms with E-state index < -0.39 is 22.9 Å². The second-order valence-electron chi connectivity index (χ2n) is 7.47. The third kappa shape index (κ3) is 4.47. The topological polar surface area (TPSA) is 136 Å². The lowest BCUT2D eigenvalue weighted by Gasteiger charge is -2.19. The Labute approximate surface area is 172 Å². The Balaban J connectivity index is 1.51.